The van der Waals surface area contributed by atoms with Gasteiger partial charge in [0.05, 0.1) is 0 Å². The maximum absolute atomic E-state index is 5.64. The highest BCUT2D eigenvalue weighted by Gasteiger charge is 2.10. The Morgan fingerprint density at radius 2 is 1.72 bits per heavy atom. The summed E-state index contributed by atoms with van der Waals surface area (Å²) in [5.74, 6) is 0.710. The molecule has 0 saturated carbocycles. The summed E-state index contributed by atoms with van der Waals surface area (Å²) in [7, 11) is -1.37. The van der Waals surface area contributed by atoms with Crippen LogP contribution in [0.3, 0.4) is 0 Å². The third kappa shape index (κ3) is 10.9. The lowest BCUT2D eigenvalue weighted by molar-refractivity contribution is 0.212. The van der Waals surface area contributed by atoms with Crippen LogP contribution in [0.4, 0.5) is 0 Å². The summed E-state index contributed by atoms with van der Waals surface area (Å²) in [5, 5.41) is 0. The lowest BCUT2D eigenvalue weighted by Gasteiger charge is -2.14. The van der Waals surface area contributed by atoms with Gasteiger partial charge in [-0.25, -0.2) is 0 Å². The Kier molecular flexibility index (Phi) is 11.7. The molecule has 0 saturated heterocycles. The lowest BCUT2D eigenvalue weighted by atomic mass is 10.1. The van der Waals surface area contributed by atoms with Crippen LogP contribution in [-0.4, -0.2) is 34.8 Å². The van der Waals surface area contributed by atoms with Crippen molar-refractivity contribution in [3.63, 3.8) is 0 Å². The van der Waals surface area contributed by atoms with Crippen molar-refractivity contribution in [1.29, 1.82) is 0 Å². The van der Waals surface area contributed by atoms with Crippen molar-refractivity contribution in [2.45, 2.75) is 59.9 Å². The second kappa shape index (κ2) is 11.9. The zero-order valence-electron chi connectivity index (χ0n) is 12.9. The number of aliphatic imine (C=N–C) groups is 1. The second-order valence-electron chi connectivity index (χ2n) is 5.05. The van der Waals surface area contributed by atoms with Crippen LogP contribution in [0.25, 0.3) is 0 Å². The zero-order valence-corrected chi connectivity index (χ0v) is 14.0. The molecule has 0 fully saturated rings. The van der Waals surface area contributed by atoms with Crippen molar-refractivity contribution in [2.75, 3.05) is 19.8 Å². The monoisotopic (exact) mass is 273 g/mol. The number of rotatable bonds is 11. The molecule has 0 aliphatic rings. The fourth-order valence-corrected chi connectivity index (χ4v) is 3.73. The Bertz CT molecular complexity index is 214. The van der Waals surface area contributed by atoms with Gasteiger partial charge in [-0.2, -0.15) is 0 Å². The minimum absolute atomic E-state index is 0.710. The highest BCUT2D eigenvalue weighted by atomic mass is 28.3. The molecule has 3 nitrogen and oxygen atoms in total. The van der Waals surface area contributed by atoms with Crippen molar-refractivity contribution in [1.82, 2.24) is 0 Å². The first-order chi connectivity index (χ1) is 8.60. The molecule has 0 atom stereocenters. The molecule has 0 aromatic rings. The molecule has 4 heteroatoms. The Morgan fingerprint density at radius 1 is 1.11 bits per heavy atom. The second-order valence-corrected chi connectivity index (χ2v) is 7.15. The molecule has 0 unspecified atom stereocenters. The average Bonchev–Trinajstić information content (AvgIpc) is 2.28. The van der Waals surface area contributed by atoms with Crippen molar-refractivity contribution in [2.24, 2.45) is 10.9 Å². The van der Waals surface area contributed by atoms with E-state index in [2.05, 4.69) is 25.8 Å². The average molecular weight is 273 g/mol. The molecule has 0 aromatic heterocycles. The summed E-state index contributed by atoms with van der Waals surface area (Å²) < 4.78 is 11.3. The van der Waals surface area contributed by atoms with Crippen LogP contribution >= 0.6 is 0 Å². The van der Waals surface area contributed by atoms with Crippen molar-refractivity contribution >= 4 is 15.0 Å². The van der Waals surface area contributed by atoms with E-state index in [-0.39, 0.29) is 0 Å². The van der Waals surface area contributed by atoms with E-state index in [1.54, 1.807) is 0 Å². The Labute approximate surface area is 115 Å². The van der Waals surface area contributed by atoms with E-state index in [1.807, 2.05) is 13.8 Å². The Morgan fingerprint density at radius 3 is 2.22 bits per heavy atom. The molecule has 0 heterocycles. The minimum Gasteiger partial charge on any atom is -0.397 e. The van der Waals surface area contributed by atoms with E-state index in [0.717, 1.165) is 38.6 Å². The minimum atomic E-state index is -1.37. The third-order valence-corrected chi connectivity index (χ3v) is 4.93. The number of hydrogen-bond donors (Lipinski definition) is 0. The fraction of sp³-hybridized carbons (Fsp3) is 0.929. The van der Waals surface area contributed by atoms with Gasteiger partial charge in [0.25, 0.3) is 0 Å². The Balaban J connectivity index is 3.64. The molecular formula is C14H31NO2Si. The number of hydrogen-bond acceptors (Lipinski definition) is 3. The molecule has 0 aromatic carbocycles. The predicted octanol–water partition coefficient (Wildman–Crippen LogP) is 3.57. The smallest absolute Gasteiger partial charge is 0.321 e. The van der Waals surface area contributed by atoms with E-state index in [9.17, 15) is 0 Å². The first kappa shape index (κ1) is 17.8. The van der Waals surface area contributed by atoms with Gasteiger partial charge in [0.1, 0.15) is 0 Å². The molecule has 0 rings (SSSR count). The number of unbranched alkanes of at least 4 members (excludes halogenated alkanes) is 1. The van der Waals surface area contributed by atoms with Crippen LogP contribution in [0.1, 0.15) is 53.9 Å². The third-order valence-electron chi connectivity index (χ3n) is 2.64. The summed E-state index contributed by atoms with van der Waals surface area (Å²) in [6.07, 6.45) is 3.45. The topological polar surface area (TPSA) is 30.8 Å². The SMILES string of the molecule is CCO[SiH](CCCCN=C(C)CC(C)C)OCC. The molecule has 18 heavy (non-hydrogen) atoms. The summed E-state index contributed by atoms with van der Waals surface area (Å²) in [4.78, 5) is 4.60. The first-order valence-corrected chi connectivity index (χ1v) is 9.09. The van der Waals surface area contributed by atoms with Crippen LogP contribution in [0, 0.1) is 5.92 Å². The molecule has 0 aliphatic carbocycles. The maximum atomic E-state index is 5.64. The van der Waals surface area contributed by atoms with E-state index in [0.29, 0.717) is 5.92 Å². The lowest BCUT2D eigenvalue weighted by Crippen LogP contribution is -2.22. The largest absolute Gasteiger partial charge is 0.397 e. The van der Waals surface area contributed by atoms with Gasteiger partial charge in [-0.1, -0.05) is 13.8 Å². The van der Waals surface area contributed by atoms with Gasteiger partial charge in [-0.3, -0.25) is 4.99 Å². The molecule has 0 spiro atoms. The summed E-state index contributed by atoms with van der Waals surface area (Å²) in [6.45, 7) is 13.2. The van der Waals surface area contributed by atoms with Crippen LogP contribution in [0.2, 0.25) is 6.04 Å². The van der Waals surface area contributed by atoms with Crippen molar-refractivity contribution < 1.29 is 8.85 Å². The van der Waals surface area contributed by atoms with Gasteiger partial charge >= 0.3 is 9.28 Å². The molecule has 108 valence electrons. The molecule has 0 N–H and O–H groups in total. The first-order valence-electron chi connectivity index (χ1n) is 7.33. The molecule has 0 bridgehead atoms. The summed E-state index contributed by atoms with van der Waals surface area (Å²) in [6, 6.07) is 1.11. The fourth-order valence-electron chi connectivity index (χ4n) is 1.93. The van der Waals surface area contributed by atoms with E-state index >= 15 is 0 Å². The number of nitrogens with zero attached hydrogens (tertiary/aromatic N) is 1. The Hall–Kier alpha value is -0.193. The zero-order chi connectivity index (χ0) is 13.8. The van der Waals surface area contributed by atoms with E-state index in [1.165, 1.54) is 12.1 Å². The summed E-state index contributed by atoms with van der Waals surface area (Å²) >= 11 is 0. The quantitative estimate of drug-likeness (QED) is 0.327. The van der Waals surface area contributed by atoms with Gasteiger partial charge < -0.3 is 8.85 Å². The van der Waals surface area contributed by atoms with Gasteiger partial charge in [0.15, 0.2) is 0 Å². The maximum Gasteiger partial charge on any atom is 0.321 e. The molecule has 0 amide bonds. The van der Waals surface area contributed by atoms with Crippen LogP contribution < -0.4 is 0 Å². The van der Waals surface area contributed by atoms with E-state index in [4.69, 9.17) is 8.85 Å². The normalized spacial score (nSPS) is 12.7. The van der Waals surface area contributed by atoms with Gasteiger partial charge in [-0.15, -0.1) is 0 Å². The highest BCUT2D eigenvalue weighted by molar-refractivity contribution is 6.44. The molecular weight excluding hydrogens is 242 g/mol. The van der Waals surface area contributed by atoms with Gasteiger partial charge in [0, 0.05) is 25.5 Å². The van der Waals surface area contributed by atoms with Crippen LogP contribution in [0.15, 0.2) is 4.99 Å². The molecule has 0 aliphatic heterocycles. The highest BCUT2D eigenvalue weighted by Crippen LogP contribution is 2.06. The van der Waals surface area contributed by atoms with Crippen LogP contribution in [0.5, 0.6) is 0 Å². The standard InChI is InChI=1S/C14H31NO2Si/c1-6-16-18(17-7-2)11-9-8-10-15-14(5)12-13(3)4/h13,18H,6-12H2,1-5H3. The predicted molar refractivity (Wildman–Crippen MR) is 81.9 cm³/mol. The van der Waals surface area contributed by atoms with Crippen LogP contribution in [-0.2, 0) is 8.85 Å². The van der Waals surface area contributed by atoms with Gasteiger partial charge in [0.2, 0.25) is 0 Å². The van der Waals surface area contributed by atoms with E-state index < -0.39 is 9.28 Å². The molecule has 0 radical (unpaired) electrons. The van der Waals surface area contributed by atoms with Gasteiger partial charge in [-0.05, 0) is 52.0 Å². The van der Waals surface area contributed by atoms with Crippen molar-refractivity contribution in [3.8, 4) is 0 Å². The van der Waals surface area contributed by atoms with Crippen molar-refractivity contribution in [3.05, 3.63) is 0 Å². The summed E-state index contributed by atoms with van der Waals surface area (Å²) in [5.41, 5.74) is 1.29.